The summed E-state index contributed by atoms with van der Waals surface area (Å²) in [6.45, 7) is 7.75. The molecule has 1 heterocycles. The van der Waals surface area contributed by atoms with Gasteiger partial charge >= 0.3 is 0 Å². The molecule has 2 rings (SSSR count). The third-order valence-corrected chi connectivity index (χ3v) is 4.08. The number of hydrazone groups is 1. The average Bonchev–Trinajstić information content (AvgIpc) is 3.30. The number of hydrogen-bond acceptors (Lipinski definition) is 6. The lowest BCUT2D eigenvalue weighted by molar-refractivity contribution is 0.303. The van der Waals surface area contributed by atoms with Crippen LogP contribution in [0.3, 0.4) is 0 Å². The molecule has 0 saturated heterocycles. The number of aromatic amines is 1. The molecule has 0 radical (unpaired) electrons. The maximum absolute atomic E-state index is 11.9. The van der Waals surface area contributed by atoms with Crippen LogP contribution in [0.25, 0.3) is 0 Å². The second kappa shape index (κ2) is 7.55. The van der Waals surface area contributed by atoms with E-state index in [1.165, 1.54) is 6.21 Å². The van der Waals surface area contributed by atoms with Gasteiger partial charge in [-0.15, -0.1) is 0 Å². The summed E-state index contributed by atoms with van der Waals surface area (Å²) in [7, 11) is 0. The summed E-state index contributed by atoms with van der Waals surface area (Å²) in [4.78, 5) is 16.7. The summed E-state index contributed by atoms with van der Waals surface area (Å²) in [5.74, 6) is -0.106. The molecule has 7 nitrogen and oxygen atoms in total. The van der Waals surface area contributed by atoms with Crippen molar-refractivity contribution in [2.75, 3.05) is 26.2 Å². The van der Waals surface area contributed by atoms with Crippen molar-refractivity contribution in [3.8, 4) is 5.88 Å². The highest BCUT2D eigenvalue weighted by Gasteiger charge is 2.27. The highest BCUT2D eigenvalue weighted by atomic mass is 32.1. The van der Waals surface area contributed by atoms with Gasteiger partial charge in [0.1, 0.15) is 5.56 Å². The highest BCUT2D eigenvalue weighted by molar-refractivity contribution is 7.71. The molecule has 0 aliphatic heterocycles. The Bertz CT molecular complexity index is 644. The summed E-state index contributed by atoms with van der Waals surface area (Å²) < 4.78 is 1.85. The second-order valence-corrected chi connectivity index (χ2v) is 5.68. The average molecular weight is 325 g/mol. The van der Waals surface area contributed by atoms with E-state index in [9.17, 15) is 9.90 Å². The Balaban J connectivity index is 2.03. The van der Waals surface area contributed by atoms with Crippen molar-refractivity contribution in [1.29, 1.82) is 0 Å². The van der Waals surface area contributed by atoms with Crippen molar-refractivity contribution in [2.24, 2.45) is 5.10 Å². The van der Waals surface area contributed by atoms with Gasteiger partial charge in [0.15, 0.2) is 4.77 Å². The molecule has 0 unspecified atom stereocenters. The Hall–Kier alpha value is -1.67. The maximum atomic E-state index is 11.9. The van der Waals surface area contributed by atoms with Crippen LogP contribution in [0.2, 0.25) is 0 Å². The molecule has 22 heavy (non-hydrogen) atoms. The normalized spacial score (nSPS) is 14.9. The first kappa shape index (κ1) is 16.7. The van der Waals surface area contributed by atoms with Crippen LogP contribution in [0.4, 0.5) is 0 Å². The molecule has 8 heteroatoms. The Kier molecular flexibility index (Phi) is 5.73. The van der Waals surface area contributed by atoms with E-state index < -0.39 is 5.56 Å². The standard InChI is InChI=1S/C14H23N5O2S/c1-3-18(4-2)8-7-15-16-9-11-12(20)17-14(22)19(13(11)21)10-5-6-10/h9-10,15,21H,3-8H2,1-2H3,(H,17,20,22)/b16-9+. The van der Waals surface area contributed by atoms with Gasteiger partial charge in [0, 0.05) is 19.1 Å². The molecule has 0 amide bonds. The van der Waals surface area contributed by atoms with Gasteiger partial charge in [0.05, 0.1) is 6.21 Å². The quantitative estimate of drug-likeness (QED) is 0.289. The Labute approximate surface area is 134 Å². The van der Waals surface area contributed by atoms with Crippen molar-refractivity contribution >= 4 is 18.4 Å². The fourth-order valence-electron chi connectivity index (χ4n) is 2.26. The minimum atomic E-state index is -0.423. The Morgan fingerprint density at radius 1 is 1.50 bits per heavy atom. The van der Waals surface area contributed by atoms with E-state index in [0.717, 1.165) is 32.5 Å². The number of nitrogens with zero attached hydrogens (tertiary/aromatic N) is 3. The number of hydrogen-bond donors (Lipinski definition) is 3. The van der Waals surface area contributed by atoms with Crippen LogP contribution < -0.4 is 11.0 Å². The van der Waals surface area contributed by atoms with E-state index in [0.29, 0.717) is 6.54 Å². The number of rotatable bonds is 8. The van der Waals surface area contributed by atoms with Crippen molar-refractivity contribution < 1.29 is 5.11 Å². The van der Waals surface area contributed by atoms with E-state index in [-0.39, 0.29) is 22.3 Å². The summed E-state index contributed by atoms with van der Waals surface area (Å²) >= 11 is 5.09. The zero-order valence-corrected chi connectivity index (χ0v) is 13.8. The van der Waals surface area contributed by atoms with Gasteiger partial charge in [-0.2, -0.15) is 5.10 Å². The molecular formula is C14H23N5O2S. The zero-order chi connectivity index (χ0) is 16.1. The van der Waals surface area contributed by atoms with Crippen molar-refractivity contribution in [3.05, 3.63) is 20.7 Å². The predicted molar refractivity (Wildman–Crippen MR) is 89.2 cm³/mol. The minimum Gasteiger partial charge on any atom is -0.494 e. The fraction of sp³-hybridized carbons (Fsp3) is 0.643. The third-order valence-electron chi connectivity index (χ3n) is 3.78. The second-order valence-electron chi connectivity index (χ2n) is 5.29. The van der Waals surface area contributed by atoms with E-state index in [1.807, 2.05) is 0 Å². The van der Waals surface area contributed by atoms with Crippen LogP contribution in [0.15, 0.2) is 9.90 Å². The van der Waals surface area contributed by atoms with Crippen LogP contribution in [0, 0.1) is 4.77 Å². The van der Waals surface area contributed by atoms with E-state index in [2.05, 4.69) is 34.3 Å². The van der Waals surface area contributed by atoms with Gasteiger partial charge in [-0.25, -0.2) is 0 Å². The lowest BCUT2D eigenvalue weighted by Gasteiger charge is -2.17. The van der Waals surface area contributed by atoms with Crippen LogP contribution in [-0.2, 0) is 0 Å². The van der Waals surface area contributed by atoms with E-state index in [1.54, 1.807) is 4.57 Å². The fourth-order valence-corrected chi connectivity index (χ4v) is 2.59. The molecule has 1 saturated carbocycles. The van der Waals surface area contributed by atoms with Crippen molar-refractivity contribution in [1.82, 2.24) is 19.9 Å². The first-order valence-electron chi connectivity index (χ1n) is 7.64. The largest absolute Gasteiger partial charge is 0.494 e. The molecule has 1 fully saturated rings. The number of likely N-dealkylation sites (N-methyl/N-ethyl adjacent to an activating group) is 1. The molecular weight excluding hydrogens is 302 g/mol. The molecule has 1 aromatic heterocycles. The molecule has 0 bridgehead atoms. The molecule has 1 aliphatic rings. The third kappa shape index (κ3) is 3.95. The monoisotopic (exact) mass is 325 g/mol. The van der Waals surface area contributed by atoms with Gasteiger partial charge in [-0.1, -0.05) is 13.8 Å². The van der Waals surface area contributed by atoms with Gasteiger partial charge in [0.25, 0.3) is 5.56 Å². The number of aromatic nitrogens is 2. The van der Waals surface area contributed by atoms with Crippen molar-refractivity contribution in [3.63, 3.8) is 0 Å². The number of H-pyrrole nitrogens is 1. The smallest absolute Gasteiger partial charge is 0.264 e. The summed E-state index contributed by atoms with van der Waals surface area (Å²) in [5, 5.41) is 14.3. The summed E-state index contributed by atoms with van der Waals surface area (Å²) in [6.07, 6.45) is 3.28. The van der Waals surface area contributed by atoms with Gasteiger partial charge < -0.3 is 15.4 Å². The minimum absolute atomic E-state index is 0.106. The lowest BCUT2D eigenvalue weighted by Crippen LogP contribution is -2.30. The maximum Gasteiger partial charge on any atom is 0.264 e. The van der Waals surface area contributed by atoms with Crippen LogP contribution >= 0.6 is 12.2 Å². The van der Waals surface area contributed by atoms with Gasteiger partial charge in [-0.3, -0.25) is 14.3 Å². The van der Waals surface area contributed by atoms with Crippen LogP contribution in [0.5, 0.6) is 5.88 Å². The summed E-state index contributed by atoms with van der Waals surface area (Å²) in [5.41, 5.74) is 2.61. The van der Waals surface area contributed by atoms with Gasteiger partial charge in [-0.05, 0) is 38.1 Å². The molecule has 0 aromatic carbocycles. The highest BCUT2D eigenvalue weighted by Crippen LogP contribution is 2.37. The Morgan fingerprint density at radius 3 is 2.77 bits per heavy atom. The molecule has 1 aliphatic carbocycles. The zero-order valence-electron chi connectivity index (χ0n) is 13.0. The first-order chi connectivity index (χ1) is 10.6. The van der Waals surface area contributed by atoms with E-state index >= 15 is 0 Å². The number of aromatic hydroxyl groups is 1. The lowest BCUT2D eigenvalue weighted by atomic mass is 10.3. The summed E-state index contributed by atoms with van der Waals surface area (Å²) in [6, 6.07) is 0.187. The van der Waals surface area contributed by atoms with Crippen molar-refractivity contribution in [2.45, 2.75) is 32.7 Å². The molecule has 1 aromatic rings. The first-order valence-corrected chi connectivity index (χ1v) is 8.05. The van der Waals surface area contributed by atoms with E-state index in [4.69, 9.17) is 12.2 Å². The molecule has 0 spiro atoms. The Morgan fingerprint density at radius 2 is 2.18 bits per heavy atom. The molecule has 0 atom stereocenters. The van der Waals surface area contributed by atoms with Crippen LogP contribution in [-0.4, -0.2) is 52.0 Å². The SMILES string of the molecule is CCN(CC)CCN/N=C/c1c(O)n(C2CC2)c(=S)[nH]c1=O. The topological polar surface area (TPSA) is 85.7 Å². The molecule has 122 valence electrons. The molecule has 3 N–H and O–H groups in total. The van der Waals surface area contributed by atoms with Crippen LogP contribution in [0.1, 0.15) is 38.3 Å². The van der Waals surface area contributed by atoms with Gasteiger partial charge in [0.2, 0.25) is 5.88 Å². The number of nitrogens with one attached hydrogen (secondary N) is 2. The predicted octanol–water partition coefficient (Wildman–Crippen LogP) is 1.21.